The van der Waals surface area contributed by atoms with E-state index in [-0.39, 0.29) is 5.91 Å². The first-order valence-corrected chi connectivity index (χ1v) is 5.85. The summed E-state index contributed by atoms with van der Waals surface area (Å²) >= 11 is 1.17. The lowest BCUT2D eigenvalue weighted by molar-refractivity contribution is -0.121. The number of hydrogen-bond acceptors (Lipinski definition) is 6. The van der Waals surface area contributed by atoms with Gasteiger partial charge < -0.3 is 15.4 Å². The Morgan fingerprint density at radius 1 is 1.47 bits per heavy atom. The second-order valence-electron chi connectivity index (χ2n) is 3.41. The Balaban J connectivity index is 2.80. The van der Waals surface area contributed by atoms with Gasteiger partial charge in [0.05, 0.1) is 12.8 Å². The normalized spacial score (nSPS) is 11.8. The number of rotatable bonds is 4. The molecule has 7 heteroatoms. The molecule has 94 valence electrons. The molecule has 0 fully saturated rings. The monoisotopic (exact) mass is 257 g/mol. The zero-order valence-corrected chi connectivity index (χ0v) is 11.0. The Labute approximate surface area is 103 Å². The third-order valence-electron chi connectivity index (χ3n) is 2.15. The lowest BCUT2D eigenvalue weighted by Crippen LogP contribution is -2.35. The molecule has 1 aromatic heterocycles. The fourth-order valence-corrected chi connectivity index (χ4v) is 2.18. The van der Waals surface area contributed by atoms with E-state index in [0.29, 0.717) is 15.7 Å². The Bertz CT molecular complexity index is 430. The molecule has 0 saturated heterocycles. The molecule has 0 aromatic carbocycles. The van der Waals surface area contributed by atoms with E-state index in [2.05, 4.69) is 20.4 Å². The van der Waals surface area contributed by atoms with E-state index in [4.69, 9.17) is 0 Å². The maximum absolute atomic E-state index is 11.4. The predicted octanol–water partition coefficient (Wildman–Crippen LogP) is 0.785. The van der Waals surface area contributed by atoms with Crippen molar-refractivity contribution in [2.75, 3.05) is 19.5 Å². The van der Waals surface area contributed by atoms with Gasteiger partial charge in [0.25, 0.3) is 0 Å². The standard InChI is InChI=1S/C10H15N3O3S/c1-5-7(9(15)16-4)17-10(12-5)13-6(2)8(14)11-3/h6H,1-4H3,(H,11,14)(H,12,13). The zero-order valence-electron chi connectivity index (χ0n) is 10.2. The number of esters is 1. The van der Waals surface area contributed by atoms with Crippen LogP contribution in [0.25, 0.3) is 0 Å². The molecule has 0 bridgehead atoms. The minimum Gasteiger partial charge on any atom is -0.465 e. The van der Waals surface area contributed by atoms with Crippen molar-refractivity contribution in [3.05, 3.63) is 10.6 Å². The van der Waals surface area contributed by atoms with Crippen molar-refractivity contribution in [1.82, 2.24) is 10.3 Å². The average Bonchev–Trinajstić information content (AvgIpc) is 2.67. The number of carbonyl (C=O) groups excluding carboxylic acids is 2. The predicted molar refractivity (Wildman–Crippen MR) is 65.3 cm³/mol. The van der Waals surface area contributed by atoms with Crippen molar-refractivity contribution in [2.24, 2.45) is 0 Å². The van der Waals surface area contributed by atoms with E-state index in [1.54, 1.807) is 20.9 Å². The van der Waals surface area contributed by atoms with Gasteiger partial charge in [-0.2, -0.15) is 0 Å². The molecule has 0 spiro atoms. The van der Waals surface area contributed by atoms with Gasteiger partial charge in [-0.3, -0.25) is 4.79 Å². The highest BCUT2D eigenvalue weighted by atomic mass is 32.1. The van der Waals surface area contributed by atoms with Crippen molar-refractivity contribution in [1.29, 1.82) is 0 Å². The van der Waals surface area contributed by atoms with E-state index in [1.807, 2.05) is 0 Å². The van der Waals surface area contributed by atoms with E-state index >= 15 is 0 Å². The third-order valence-corrected chi connectivity index (χ3v) is 3.22. The summed E-state index contributed by atoms with van der Waals surface area (Å²) in [6.45, 7) is 3.44. The molecular formula is C10H15N3O3S. The second kappa shape index (κ2) is 5.62. The zero-order chi connectivity index (χ0) is 13.0. The van der Waals surface area contributed by atoms with Crippen LogP contribution < -0.4 is 10.6 Å². The van der Waals surface area contributed by atoms with Gasteiger partial charge >= 0.3 is 5.97 Å². The van der Waals surface area contributed by atoms with Crippen molar-refractivity contribution in [2.45, 2.75) is 19.9 Å². The van der Waals surface area contributed by atoms with Gasteiger partial charge in [0, 0.05) is 7.05 Å². The number of aryl methyl sites for hydroxylation is 1. The highest BCUT2D eigenvalue weighted by Gasteiger charge is 2.18. The molecule has 1 atom stereocenters. The van der Waals surface area contributed by atoms with Crippen LogP contribution in [-0.4, -0.2) is 37.1 Å². The number of aromatic nitrogens is 1. The lowest BCUT2D eigenvalue weighted by Gasteiger charge is -2.10. The van der Waals surface area contributed by atoms with Crippen LogP contribution in [0.4, 0.5) is 5.13 Å². The molecule has 0 aliphatic carbocycles. The number of nitrogens with zero attached hydrogens (tertiary/aromatic N) is 1. The second-order valence-corrected chi connectivity index (χ2v) is 4.40. The molecule has 0 saturated carbocycles. The fourth-order valence-electron chi connectivity index (χ4n) is 1.21. The van der Waals surface area contributed by atoms with Gasteiger partial charge in [0.1, 0.15) is 10.9 Å². The average molecular weight is 257 g/mol. The van der Waals surface area contributed by atoms with Crippen LogP contribution in [0.2, 0.25) is 0 Å². The summed E-state index contributed by atoms with van der Waals surface area (Å²) in [7, 11) is 2.88. The highest BCUT2D eigenvalue weighted by Crippen LogP contribution is 2.23. The molecule has 0 radical (unpaired) electrons. The van der Waals surface area contributed by atoms with Gasteiger partial charge in [-0.15, -0.1) is 0 Å². The van der Waals surface area contributed by atoms with Crippen molar-refractivity contribution >= 4 is 28.3 Å². The highest BCUT2D eigenvalue weighted by molar-refractivity contribution is 7.17. The molecular weight excluding hydrogens is 242 g/mol. The Kier molecular flexibility index (Phi) is 4.45. The molecule has 1 rings (SSSR count). The maximum atomic E-state index is 11.4. The van der Waals surface area contributed by atoms with Crippen molar-refractivity contribution in [3.63, 3.8) is 0 Å². The number of likely N-dealkylation sites (N-methyl/N-ethyl adjacent to an activating group) is 1. The van der Waals surface area contributed by atoms with E-state index in [1.165, 1.54) is 18.4 Å². The van der Waals surface area contributed by atoms with Gasteiger partial charge in [0.2, 0.25) is 5.91 Å². The van der Waals surface area contributed by atoms with Crippen LogP contribution in [0.3, 0.4) is 0 Å². The number of methoxy groups -OCH3 is 1. The van der Waals surface area contributed by atoms with Crippen molar-refractivity contribution in [3.8, 4) is 0 Å². The molecule has 6 nitrogen and oxygen atoms in total. The topological polar surface area (TPSA) is 80.3 Å². The molecule has 1 heterocycles. The smallest absolute Gasteiger partial charge is 0.350 e. The molecule has 0 aliphatic rings. The third kappa shape index (κ3) is 3.16. The summed E-state index contributed by atoms with van der Waals surface area (Å²) in [6, 6.07) is -0.406. The Morgan fingerprint density at radius 3 is 2.65 bits per heavy atom. The molecule has 2 N–H and O–H groups in total. The van der Waals surface area contributed by atoms with Gasteiger partial charge in [-0.1, -0.05) is 11.3 Å². The van der Waals surface area contributed by atoms with Crippen LogP contribution in [0, 0.1) is 6.92 Å². The number of thiazole rings is 1. The van der Waals surface area contributed by atoms with Crippen LogP contribution >= 0.6 is 11.3 Å². The van der Waals surface area contributed by atoms with E-state index in [0.717, 1.165) is 0 Å². The lowest BCUT2D eigenvalue weighted by atomic mass is 10.3. The number of hydrogen-bond donors (Lipinski definition) is 2. The number of ether oxygens (including phenoxy) is 1. The minimum atomic E-state index is -0.416. The fraction of sp³-hybridized carbons (Fsp3) is 0.500. The number of amides is 1. The number of anilines is 1. The summed E-state index contributed by atoms with van der Waals surface area (Å²) < 4.78 is 4.63. The molecule has 17 heavy (non-hydrogen) atoms. The first kappa shape index (κ1) is 13.4. The van der Waals surface area contributed by atoms with Gasteiger partial charge in [-0.25, -0.2) is 9.78 Å². The van der Waals surface area contributed by atoms with Crippen LogP contribution in [-0.2, 0) is 9.53 Å². The summed E-state index contributed by atoms with van der Waals surface area (Å²) in [5.74, 6) is -0.557. The summed E-state index contributed by atoms with van der Waals surface area (Å²) in [4.78, 5) is 27.3. The first-order valence-electron chi connectivity index (χ1n) is 5.03. The van der Waals surface area contributed by atoms with E-state index < -0.39 is 12.0 Å². The Morgan fingerprint density at radius 2 is 2.12 bits per heavy atom. The number of carbonyl (C=O) groups is 2. The van der Waals surface area contributed by atoms with Crippen LogP contribution in [0.1, 0.15) is 22.3 Å². The minimum absolute atomic E-state index is 0.141. The molecule has 1 unspecified atom stereocenters. The summed E-state index contributed by atoms with van der Waals surface area (Å²) in [5, 5.41) is 5.97. The SMILES string of the molecule is CNC(=O)C(C)Nc1nc(C)c(C(=O)OC)s1. The molecule has 1 aromatic rings. The van der Waals surface area contributed by atoms with Crippen LogP contribution in [0.5, 0.6) is 0 Å². The van der Waals surface area contributed by atoms with Crippen LogP contribution in [0.15, 0.2) is 0 Å². The first-order chi connectivity index (χ1) is 7.99. The number of nitrogens with one attached hydrogen (secondary N) is 2. The summed E-state index contributed by atoms with van der Waals surface area (Å²) in [6.07, 6.45) is 0. The van der Waals surface area contributed by atoms with Gasteiger partial charge in [0.15, 0.2) is 5.13 Å². The molecule has 1 amide bonds. The Hall–Kier alpha value is -1.63. The van der Waals surface area contributed by atoms with E-state index in [9.17, 15) is 9.59 Å². The van der Waals surface area contributed by atoms with Gasteiger partial charge in [-0.05, 0) is 13.8 Å². The maximum Gasteiger partial charge on any atom is 0.350 e. The molecule has 0 aliphatic heterocycles. The summed E-state index contributed by atoms with van der Waals surface area (Å²) in [5.41, 5.74) is 0.591. The quantitative estimate of drug-likeness (QED) is 0.779. The van der Waals surface area contributed by atoms with Crippen molar-refractivity contribution < 1.29 is 14.3 Å². The largest absolute Gasteiger partial charge is 0.465 e.